The lowest BCUT2D eigenvalue weighted by molar-refractivity contribution is -0.126. The molecule has 2 heterocycles. The van der Waals surface area contributed by atoms with Gasteiger partial charge in [-0.15, -0.1) is 11.8 Å². The molecule has 2 fully saturated rings. The summed E-state index contributed by atoms with van der Waals surface area (Å²) in [5.74, 6) is 1.02. The smallest absolute Gasteiger partial charge is 0.252 e. The molecule has 2 aliphatic heterocycles. The highest BCUT2D eigenvalue weighted by molar-refractivity contribution is 8.01. The Hall–Kier alpha value is -0.650. The van der Waals surface area contributed by atoms with E-state index >= 15 is 0 Å². The number of amides is 1. The molecule has 1 aromatic rings. The predicted octanol–water partition coefficient (Wildman–Crippen LogP) is 2.61. The number of nitrogens with zero attached hydrogens (tertiary/aromatic N) is 2. The number of fused-ring (bicyclic) bond motifs is 1. The van der Waals surface area contributed by atoms with Gasteiger partial charge in [-0.3, -0.25) is 9.10 Å². The van der Waals surface area contributed by atoms with Crippen LogP contribution in [0, 0.1) is 0 Å². The third-order valence-corrected chi connectivity index (χ3v) is 5.34. The second-order valence-corrected chi connectivity index (χ2v) is 6.27. The Morgan fingerprint density at radius 3 is 2.94 bits per heavy atom. The third-order valence-electron chi connectivity index (χ3n) is 3.03. The SMILES string of the molecule is O=C1C2CCCN2SN1CSc1ccccc1. The molecule has 17 heavy (non-hydrogen) atoms. The zero-order valence-corrected chi connectivity index (χ0v) is 11.0. The maximum Gasteiger partial charge on any atom is 0.252 e. The average Bonchev–Trinajstić information content (AvgIpc) is 2.92. The van der Waals surface area contributed by atoms with Crippen molar-refractivity contribution in [1.82, 2.24) is 8.61 Å². The van der Waals surface area contributed by atoms with Crippen molar-refractivity contribution in [1.29, 1.82) is 0 Å². The number of hydrogen-bond donors (Lipinski definition) is 0. The fraction of sp³-hybridized carbons (Fsp3) is 0.417. The molecule has 1 unspecified atom stereocenters. The molecule has 0 saturated carbocycles. The van der Waals surface area contributed by atoms with Gasteiger partial charge in [-0.2, -0.15) is 0 Å². The molecule has 3 nitrogen and oxygen atoms in total. The van der Waals surface area contributed by atoms with Crippen molar-refractivity contribution in [3.8, 4) is 0 Å². The van der Waals surface area contributed by atoms with Crippen LogP contribution in [0.5, 0.6) is 0 Å². The molecule has 90 valence electrons. The van der Waals surface area contributed by atoms with E-state index in [2.05, 4.69) is 16.4 Å². The standard InChI is InChI=1S/C12H14N2OS2/c15-12-11-7-4-8-13(11)17-14(12)9-16-10-5-2-1-3-6-10/h1-3,5-6,11H,4,7-9H2. The van der Waals surface area contributed by atoms with E-state index in [1.807, 2.05) is 22.5 Å². The minimum Gasteiger partial charge on any atom is -0.272 e. The largest absolute Gasteiger partial charge is 0.272 e. The number of hydrogen-bond acceptors (Lipinski definition) is 4. The molecule has 2 saturated heterocycles. The zero-order chi connectivity index (χ0) is 11.7. The lowest BCUT2D eigenvalue weighted by Gasteiger charge is -2.14. The quantitative estimate of drug-likeness (QED) is 0.620. The topological polar surface area (TPSA) is 23.6 Å². The molecular formula is C12H14N2OS2. The first-order valence-electron chi connectivity index (χ1n) is 5.78. The van der Waals surface area contributed by atoms with Crippen molar-refractivity contribution in [2.75, 3.05) is 12.4 Å². The van der Waals surface area contributed by atoms with Crippen LogP contribution in [-0.2, 0) is 4.79 Å². The molecule has 1 aromatic carbocycles. The summed E-state index contributed by atoms with van der Waals surface area (Å²) < 4.78 is 4.11. The Bertz CT molecular complexity index is 412. The molecule has 0 spiro atoms. The van der Waals surface area contributed by atoms with Crippen molar-refractivity contribution in [3.63, 3.8) is 0 Å². The van der Waals surface area contributed by atoms with Gasteiger partial charge in [0.05, 0.1) is 5.88 Å². The maximum absolute atomic E-state index is 12.1. The van der Waals surface area contributed by atoms with Gasteiger partial charge in [0.25, 0.3) is 5.91 Å². The van der Waals surface area contributed by atoms with E-state index in [1.54, 1.807) is 23.9 Å². The first-order valence-corrected chi connectivity index (χ1v) is 7.50. The molecule has 0 N–H and O–H groups in total. The summed E-state index contributed by atoms with van der Waals surface area (Å²) in [7, 11) is 0. The molecule has 3 rings (SSSR count). The van der Waals surface area contributed by atoms with Crippen LogP contribution in [0.1, 0.15) is 12.8 Å². The minimum absolute atomic E-state index is 0.149. The average molecular weight is 266 g/mol. The highest BCUT2D eigenvalue weighted by Crippen LogP contribution is 2.38. The molecule has 0 bridgehead atoms. The van der Waals surface area contributed by atoms with E-state index in [0.717, 1.165) is 25.3 Å². The Kier molecular flexibility index (Phi) is 3.31. The van der Waals surface area contributed by atoms with Gasteiger partial charge in [0.2, 0.25) is 0 Å². The number of carbonyl (C=O) groups is 1. The molecule has 1 atom stereocenters. The summed E-state index contributed by atoms with van der Waals surface area (Å²) in [6.45, 7) is 1.05. The van der Waals surface area contributed by atoms with Crippen LogP contribution in [-0.4, -0.2) is 33.0 Å². The molecule has 0 aromatic heterocycles. The second-order valence-electron chi connectivity index (χ2n) is 4.18. The van der Waals surface area contributed by atoms with Gasteiger partial charge in [0, 0.05) is 23.6 Å². The first-order chi connectivity index (χ1) is 8.34. The van der Waals surface area contributed by atoms with Crippen molar-refractivity contribution >= 4 is 29.8 Å². The van der Waals surface area contributed by atoms with Crippen LogP contribution in [0.2, 0.25) is 0 Å². The van der Waals surface area contributed by atoms with Gasteiger partial charge in [-0.05, 0) is 25.0 Å². The first kappa shape index (κ1) is 11.4. The third kappa shape index (κ3) is 2.32. The molecule has 5 heteroatoms. The Morgan fingerprint density at radius 2 is 2.18 bits per heavy atom. The summed E-state index contributed by atoms with van der Waals surface area (Å²) in [5, 5.41) is 0. The fourth-order valence-electron chi connectivity index (χ4n) is 2.15. The van der Waals surface area contributed by atoms with Gasteiger partial charge in [-0.25, -0.2) is 4.31 Å². The molecule has 0 aliphatic carbocycles. The molecule has 0 radical (unpaired) electrons. The van der Waals surface area contributed by atoms with Crippen LogP contribution < -0.4 is 0 Å². The summed E-state index contributed by atoms with van der Waals surface area (Å²) >= 11 is 3.32. The number of carbonyl (C=O) groups excluding carboxylic acids is 1. The monoisotopic (exact) mass is 266 g/mol. The normalized spacial score (nSPS) is 24.4. The number of thioether (sulfide) groups is 1. The molecule has 2 aliphatic rings. The second kappa shape index (κ2) is 4.92. The fourth-order valence-corrected chi connectivity index (χ4v) is 4.22. The Morgan fingerprint density at radius 1 is 1.35 bits per heavy atom. The summed E-state index contributed by atoms with van der Waals surface area (Å²) in [4.78, 5) is 13.3. The van der Waals surface area contributed by atoms with E-state index in [1.165, 1.54) is 4.90 Å². The van der Waals surface area contributed by atoms with E-state index < -0.39 is 0 Å². The zero-order valence-electron chi connectivity index (χ0n) is 9.41. The Labute approximate surface area is 110 Å². The molecule has 1 amide bonds. The highest BCUT2D eigenvalue weighted by atomic mass is 32.2. The van der Waals surface area contributed by atoms with Gasteiger partial charge >= 0.3 is 0 Å². The van der Waals surface area contributed by atoms with Crippen LogP contribution in [0.25, 0.3) is 0 Å². The minimum atomic E-state index is 0.149. The number of benzene rings is 1. The van der Waals surface area contributed by atoms with Crippen molar-refractivity contribution in [2.45, 2.75) is 23.8 Å². The van der Waals surface area contributed by atoms with E-state index in [0.29, 0.717) is 0 Å². The van der Waals surface area contributed by atoms with Gasteiger partial charge in [-0.1, -0.05) is 18.2 Å². The van der Waals surface area contributed by atoms with Crippen molar-refractivity contribution in [2.24, 2.45) is 0 Å². The predicted molar refractivity (Wildman–Crippen MR) is 71.3 cm³/mol. The van der Waals surface area contributed by atoms with Gasteiger partial charge < -0.3 is 0 Å². The summed E-state index contributed by atoms with van der Waals surface area (Å²) in [6.07, 6.45) is 2.18. The van der Waals surface area contributed by atoms with E-state index in [4.69, 9.17) is 0 Å². The van der Waals surface area contributed by atoms with Crippen molar-refractivity contribution < 1.29 is 4.79 Å². The van der Waals surface area contributed by atoms with Crippen LogP contribution in [0.4, 0.5) is 0 Å². The van der Waals surface area contributed by atoms with Gasteiger partial charge in [0.15, 0.2) is 0 Å². The Balaban J connectivity index is 1.58. The lowest BCUT2D eigenvalue weighted by atomic mass is 10.2. The summed E-state index contributed by atoms with van der Waals surface area (Å²) in [5.41, 5.74) is 0. The van der Waals surface area contributed by atoms with Crippen molar-refractivity contribution in [3.05, 3.63) is 30.3 Å². The van der Waals surface area contributed by atoms with E-state index in [9.17, 15) is 4.79 Å². The lowest BCUT2D eigenvalue weighted by Crippen LogP contribution is -2.28. The van der Waals surface area contributed by atoms with Crippen LogP contribution in [0.3, 0.4) is 0 Å². The van der Waals surface area contributed by atoms with Crippen LogP contribution in [0.15, 0.2) is 35.2 Å². The van der Waals surface area contributed by atoms with Gasteiger partial charge in [0.1, 0.15) is 6.04 Å². The highest BCUT2D eigenvalue weighted by Gasteiger charge is 2.42. The van der Waals surface area contributed by atoms with Crippen LogP contribution >= 0.6 is 23.9 Å². The maximum atomic E-state index is 12.1. The number of rotatable bonds is 3. The molecular weight excluding hydrogens is 252 g/mol. The van der Waals surface area contributed by atoms with E-state index in [-0.39, 0.29) is 11.9 Å². The summed E-state index contributed by atoms with van der Waals surface area (Å²) in [6, 6.07) is 10.4.